The number of rotatable bonds is 3. The largest absolute Gasteiger partial charge is 0.474 e. The number of anilines is 2. The van der Waals surface area contributed by atoms with Gasteiger partial charge >= 0.3 is 6.09 Å². The molecule has 0 radical (unpaired) electrons. The minimum atomic E-state index is -0.871. The quantitative estimate of drug-likeness (QED) is 0.904. The highest BCUT2D eigenvalue weighted by Gasteiger charge is 2.27. The molecule has 9 nitrogen and oxygen atoms in total. The SMILES string of the molecule is Cc1c(OC2CCN(C(=O)O)CC2)ncnc1N1CCn2nccc21. The van der Waals surface area contributed by atoms with Gasteiger partial charge in [0.1, 0.15) is 24.1 Å². The highest BCUT2D eigenvalue weighted by molar-refractivity contribution is 5.65. The number of aromatic nitrogens is 4. The Bertz CT molecular complexity index is 784. The Balaban J connectivity index is 1.50. The first-order chi connectivity index (χ1) is 12.1. The van der Waals surface area contributed by atoms with Crippen molar-refractivity contribution in [2.45, 2.75) is 32.4 Å². The molecule has 2 aliphatic heterocycles. The van der Waals surface area contributed by atoms with Crippen molar-refractivity contribution in [1.29, 1.82) is 0 Å². The average molecular weight is 344 g/mol. The molecule has 1 N–H and O–H groups in total. The Morgan fingerprint density at radius 3 is 2.80 bits per heavy atom. The fraction of sp³-hybridized carbons (Fsp3) is 0.500. The van der Waals surface area contributed by atoms with Crippen LogP contribution in [-0.2, 0) is 6.54 Å². The Morgan fingerprint density at radius 1 is 1.24 bits per heavy atom. The van der Waals surface area contributed by atoms with Crippen LogP contribution >= 0.6 is 0 Å². The lowest BCUT2D eigenvalue weighted by molar-refractivity contribution is 0.0866. The summed E-state index contributed by atoms with van der Waals surface area (Å²) in [5.74, 6) is 2.41. The summed E-state index contributed by atoms with van der Waals surface area (Å²) in [6.07, 6.45) is 3.74. The normalized spacial score (nSPS) is 17.6. The Morgan fingerprint density at radius 2 is 2.04 bits per heavy atom. The van der Waals surface area contributed by atoms with Crippen LogP contribution in [0, 0.1) is 6.92 Å². The van der Waals surface area contributed by atoms with Crippen LogP contribution in [0.5, 0.6) is 5.88 Å². The highest BCUT2D eigenvalue weighted by Crippen LogP contribution is 2.33. The molecular weight excluding hydrogens is 324 g/mol. The molecule has 0 aromatic carbocycles. The van der Waals surface area contributed by atoms with Gasteiger partial charge in [0.2, 0.25) is 5.88 Å². The molecule has 2 aromatic rings. The first kappa shape index (κ1) is 15.7. The van der Waals surface area contributed by atoms with E-state index in [-0.39, 0.29) is 6.10 Å². The van der Waals surface area contributed by atoms with Crippen molar-refractivity contribution in [2.24, 2.45) is 0 Å². The molecule has 0 saturated carbocycles. The van der Waals surface area contributed by atoms with E-state index in [1.54, 1.807) is 6.20 Å². The van der Waals surface area contributed by atoms with Gasteiger partial charge in [0.05, 0.1) is 18.3 Å². The molecule has 1 amide bonds. The Hall–Kier alpha value is -2.84. The predicted octanol–water partition coefficient (Wildman–Crippen LogP) is 1.65. The van der Waals surface area contributed by atoms with Gasteiger partial charge in [0.15, 0.2) is 0 Å². The molecule has 2 aromatic heterocycles. The van der Waals surface area contributed by atoms with E-state index < -0.39 is 6.09 Å². The number of carbonyl (C=O) groups is 1. The van der Waals surface area contributed by atoms with Crippen molar-refractivity contribution in [3.05, 3.63) is 24.2 Å². The van der Waals surface area contributed by atoms with Gasteiger partial charge < -0.3 is 19.6 Å². The lowest BCUT2D eigenvalue weighted by Gasteiger charge is -2.30. The second kappa shape index (κ2) is 6.23. The molecule has 1 fully saturated rings. The van der Waals surface area contributed by atoms with Crippen LogP contribution in [0.1, 0.15) is 18.4 Å². The van der Waals surface area contributed by atoms with Crippen LogP contribution in [0.2, 0.25) is 0 Å². The zero-order valence-electron chi connectivity index (χ0n) is 14.0. The average Bonchev–Trinajstić information content (AvgIpc) is 3.21. The van der Waals surface area contributed by atoms with E-state index in [9.17, 15) is 4.79 Å². The summed E-state index contributed by atoms with van der Waals surface area (Å²) in [5.41, 5.74) is 0.887. The number of piperidine rings is 1. The van der Waals surface area contributed by atoms with Crippen molar-refractivity contribution in [3.63, 3.8) is 0 Å². The third-order valence-electron chi connectivity index (χ3n) is 4.76. The first-order valence-corrected chi connectivity index (χ1v) is 8.39. The molecule has 1 saturated heterocycles. The summed E-state index contributed by atoms with van der Waals surface area (Å²) in [6.45, 7) is 4.58. The van der Waals surface area contributed by atoms with E-state index in [2.05, 4.69) is 20.0 Å². The number of amides is 1. The van der Waals surface area contributed by atoms with E-state index in [1.165, 1.54) is 11.2 Å². The summed E-state index contributed by atoms with van der Waals surface area (Å²) >= 11 is 0. The number of carboxylic acid groups (broad SMARTS) is 1. The summed E-state index contributed by atoms with van der Waals surface area (Å²) in [4.78, 5) is 23.3. The van der Waals surface area contributed by atoms with Gasteiger partial charge in [-0.25, -0.2) is 19.4 Å². The summed E-state index contributed by atoms with van der Waals surface area (Å²) < 4.78 is 8.01. The maximum absolute atomic E-state index is 11.0. The number of ether oxygens (including phenoxy) is 1. The molecule has 0 atom stereocenters. The van der Waals surface area contributed by atoms with E-state index in [0.29, 0.717) is 31.8 Å². The van der Waals surface area contributed by atoms with Crippen molar-refractivity contribution in [2.75, 3.05) is 24.5 Å². The molecule has 0 bridgehead atoms. The maximum atomic E-state index is 11.0. The van der Waals surface area contributed by atoms with Crippen molar-refractivity contribution < 1.29 is 14.6 Å². The fourth-order valence-electron chi connectivity index (χ4n) is 3.39. The Labute approximate surface area is 144 Å². The van der Waals surface area contributed by atoms with E-state index in [0.717, 1.165) is 30.3 Å². The van der Waals surface area contributed by atoms with Crippen LogP contribution < -0.4 is 9.64 Å². The number of likely N-dealkylation sites (tertiary alicyclic amines) is 1. The third-order valence-corrected chi connectivity index (χ3v) is 4.76. The number of hydrogen-bond donors (Lipinski definition) is 1. The standard InChI is InChI=1S/C16H20N6O3/c1-11-14(21-8-9-22-13(21)2-5-19-22)17-10-18-15(11)25-12-3-6-20(7-4-12)16(23)24/h2,5,10,12H,3-4,6-9H2,1H3,(H,23,24). The van der Waals surface area contributed by atoms with E-state index in [4.69, 9.17) is 9.84 Å². The summed E-state index contributed by atoms with van der Waals surface area (Å²) in [6, 6.07) is 1.97. The van der Waals surface area contributed by atoms with Crippen LogP contribution in [-0.4, -0.2) is 61.6 Å². The second-order valence-corrected chi connectivity index (χ2v) is 6.28. The van der Waals surface area contributed by atoms with Crippen molar-refractivity contribution in [3.8, 4) is 5.88 Å². The van der Waals surface area contributed by atoms with E-state index in [1.807, 2.05) is 17.7 Å². The minimum absolute atomic E-state index is 0.0267. The van der Waals surface area contributed by atoms with Crippen LogP contribution in [0.15, 0.2) is 18.6 Å². The van der Waals surface area contributed by atoms with Crippen molar-refractivity contribution >= 4 is 17.7 Å². The predicted molar refractivity (Wildman–Crippen MR) is 89.2 cm³/mol. The van der Waals surface area contributed by atoms with Crippen LogP contribution in [0.4, 0.5) is 16.4 Å². The van der Waals surface area contributed by atoms with Gasteiger partial charge in [-0.05, 0) is 6.92 Å². The fourth-order valence-corrected chi connectivity index (χ4v) is 3.39. The molecule has 0 aliphatic carbocycles. The molecule has 2 aliphatic rings. The van der Waals surface area contributed by atoms with Gasteiger partial charge in [0, 0.05) is 38.5 Å². The second-order valence-electron chi connectivity index (χ2n) is 6.28. The molecule has 0 spiro atoms. The first-order valence-electron chi connectivity index (χ1n) is 8.39. The highest BCUT2D eigenvalue weighted by atomic mass is 16.5. The molecule has 25 heavy (non-hydrogen) atoms. The lowest BCUT2D eigenvalue weighted by Crippen LogP contribution is -2.41. The molecular formula is C16H20N6O3. The van der Waals surface area contributed by atoms with Crippen LogP contribution in [0.3, 0.4) is 0 Å². The van der Waals surface area contributed by atoms with Gasteiger partial charge in [-0.1, -0.05) is 0 Å². The number of nitrogens with zero attached hydrogens (tertiary/aromatic N) is 6. The van der Waals surface area contributed by atoms with E-state index >= 15 is 0 Å². The van der Waals surface area contributed by atoms with Gasteiger partial charge in [-0.3, -0.25) is 0 Å². The molecule has 0 unspecified atom stereocenters. The zero-order chi connectivity index (χ0) is 17.4. The maximum Gasteiger partial charge on any atom is 0.407 e. The minimum Gasteiger partial charge on any atom is -0.474 e. The number of fused-ring (bicyclic) bond motifs is 1. The molecule has 9 heteroatoms. The molecule has 4 rings (SSSR count). The van der Waals surface area contributed by atoms with Gasteiger partial charge in [-0.15, -0.1) is 0 Å². The third kappa shape index (κ3) is 2.86. The zero-order valence-corrected chi connectivity index (χ0v) is 14.0. The topological polar surface area (TPSA) is 96.6 Å². The summed E-state index contributed by atoms with van der Waals surface area (Å²) in [5, 5.41) is 13.3. The summed E-state index contributed by atoms with van der Waals surface area (Å²) in [7, 11) is 0. The Kier molecular flexibility index (Phi) is 3.90. The number of hydrogen-bond acceptors (Lipinski definition) is 6. The lowest BCUT2D eigenvalue weighted by atomic mass is 10.1. The van der Waals surface area contributed by atoms with Gasteiger partial charge in [0.25, 0.3) is 0 Å². The van der Waals surface area contributed by atoms with Gasteiger partial charge in [-0.2, -0.15) is 5.10 Å². The molecule has 132 valence electrons. The van der Waals surface area contributed by atoms with Crippen LogP contribution in [0.25, 0.3) is 0 Å². The van der Waals surface area contributed by atoms with Crippen molar-refractivity contribution in [1.82, 2.24) is 24.6 Å². The smallest absolute Gasteiger partial charge is 0.407 e. The monoisotopic (exact) mass is 344 g/mol. The molecule has 4 heterocycles.